The second kappa shape index (κ2) is 5.06. The van der Waals surface area contributed by atoms with E-state index in [-0.39, 0.29) is 36.1 Å². The molecule has 0 spiro atoms. The molecule has 0 radical (unpaired) electrons. The van der Waals surface area contributed by atoms with Crippen LogP contribution in [-0.2, 0) is 15.1 Å². The van der Waals surface area contributed by atoms with Crippen molar-refractivity contribution < 1.29 is 19.7 Å². The molecule has 0 aliphatic carbocycles. The van der Waals surface area contributed by atoms with Crippen molar-refractivity contribution in [3.63, 3.8) is 0 Å². The molecule has 1 aliphatic rings. The van der Waals surface area contributed by atoms with Gasteiger partial charge in [0.15, 0.2) is 0 Å². The molecule has 23 heavy (non-hydrogen) atoms. The Hall–Kier alpha value is -2.41. The molecule has 3 heterocycles. The van der Waals surface area contributed by atoms with Gasteiger partial charge in [0.1, 0.15) is 17.2 Å². The molecule has 0 bridgehead atoms. The molecule has 2 aromatic rings. The Morgan fingerprint density at radius 3 is 3.00 bits per heavy atom. The molecule has 122 valence electrons. The minimum atomic E-state index is -1.67. The fourth-order valence-corrected chi connectivity index (χ4v) is 3.09. The summed E-state index contributed by atoms with van der Waals surface area (Å²) in [6, 6.07) is 5.14. The van der Waals surface area contributed by atoms with Crippen molar-refractivity contribution in [2.45, 2.75) is 30.7 Å². The van der Waals surface area contributed by atoms with Gasteiger partial charge in [-0.15, -0.1) is 5.10 Å². The smallest absolute Gasteiger partial charge is 0.241 e. The summed E-state index contributed by atoms with van der Waals surface area (Å²) in [4.78, 5) is 3.67. The van der Waals surface area contributed by atoms with Crippen LogP contribution >= 0.6 is 0 Å². The van der Waals surface area contributed by atoms with E-state index in [1.54, 1.807) is 6.07 Å². The van der Waals surface area contributed by atoms with Crippen molar-refractivity contribution in [1.82, 2.24) is 14.6 Å². The summed E-state index contributed by atoms with van der Waals surface area (Å²) < 4.78 is 12.2. The molecule has 1 aliphatic heterocycles. The number of nitriles is 1. The van der Waals surface area contributed by atoms with Crippen LogP contribution in [0.15, 0.2) is 12.1 Å². The molecule has 9 heteroatoms. The third-order valence-electron chi connectivity index (χ3n) is 4.11. The molecule has 0 unspecified atom stereocenters. The fraction of sp³-hybridized carbons (Fsp3) is 0.500. The molecule has 2 aromatic heterocycles. The first kappa shape index (κ1) is 15.5. The van der Waals surface area contributed by atoms with Crippen LogP contribution in [0.2, 0.25) is 0 Å². The van der Waals surface area contributed by atoms with Crippen molar-refractivity contribution in [1.29, 1.82) is 5.26 Å². The first-order chi connectivity index (χ1) is 10.8. The van der Waals surface area contributed by atoms with Crippen molar-refractivity contribution >= 4 is 11.5 Å². The van der Waals surface area contributed by atoms with Gasteiger partial charge in [-0.3, -0.25) is 0 Å². The Bertz CT molecular complexity index is 796. The maximum Gasteiger partial charge on any atom is 0.241 e. The summed E-state index contributed by atoms with van der Waals surface area (Å²) in [5.41, 5.74) is 2.95. The summed E-state index contributed by atoms with van der Waals surface area (Å²) in [6.07, 6.45) is -0.234. The minimum Gasteiger partial charge on any atom is -0.492 e. The summed E-state index contributed by atoms with van der Waals surface area (Å²) >= 11 is 0. The number of methoxy groups -OCH3 is 1. The summed E-state index contributed by atoms with van der Waals surface area (Å²) in [5.74, 6) is -0.477. The summed E-state index contributed by atoms with van der Waals surface area (Å²) in [7, 11) is 1.52. The van der Waals surface area contributed by atoms with Crippen LogP contribution in [0.3, 0.4) is 0 Å². The lowest BCUT2D eigenvalue weighted by Crippen LogP contribution is -2.46. The third kappa shape index (κ3) is 2.11. The molecule has 3 rings (SSSR count). The van der Waals surface area contributed by atoms with Crippen molar-refractivity contribution in [2.24, 2.45) is 0 Å². The third-order valence-corrected chi connectivity index (χ3v) is 4.11. The second-order valence-corrected chi connectivity index (χ2v) is 5.78. The van der Waals surface area contributed by atoms with Crippen molar-refractivity contribution in [2.75, 3.05) is 19.5 Å². The second-order valence-electron chi connectivity index (χ2n) is 5.78. The number of hydrogen-bond donors (Lipinski definition) is 3. The number of nitrogens with two attached hydrogens (primary N) is 1. The Balaban J connectivity index is 2.21. The number of ether oxygens (including phenoxy) is 2. The lowest BCUT2D eigenvalue weighted by atomic mass is 9.82. The van der Waals surface area contributed by atoms with Gasteiger partial charge < -0.3 is 25.4 Å². The van der Waals surface area contributed by atoms with Gasteiger partial charge in [0.2, 0.25) is 17.4 Å². The molecule has 0 amide bonds. The van der Waals surface area contributed by atoms with E-state index in [2.05, 4.69) is 16.2 Å². The van der Waals surface area contributed by atoms with Gasteiger partial charge >= 0.3 is 0 Å². The number of aromatic hydroxyl groups is 1. The first-order valence-corrected chi connectivity index (χ1v) is 7.00. The number of anilines is 1. The minimum absolute atomic E-state index is 0.161. The summed E-state index contributed by atoms with van der Waals surface area (Å²) in [5, 5.41) is 34.5. The Kier molecular flexibility index (Phi) is 3.40. The quantitative estimate of drug-likeness (QED) is 0.714. The van der Waals surface area contributed by atoms with E-state index < -0.39 is 17.3 Å². The normalized spacial score (nSPS) is 30.6. The average molecular weight is 319 g/mol. The van der Waals surface area contributed by atoms with Gasteiger partial charge in [-0.2, -0.15) is 10.2 Å². The van der Waals surface area contributed by atoms with Crippen LogP contribution in [0.4, 0.5) is 5.95 Å². The zero-order valence-electron chi connectivity index (χ0n) is 12.7. The highest BCUT2D eigenvalue weighted by Gasteiger charge is 2.59. The Morgan fingerprint density at radius 2 is 2.35 bits per heavy atom. The highest BCUT2D eigenvalue weighted by molar-refractivity contribution is 5.59. The SMILES string of the molecule is COC[C@@H]1C[C@@](C)(O)[C@](C#N)(c2ccc3c(O)nc(N)nn23)O1. The van der Waals surface area contributed by atoms with Gasteiger partial charge in [-0.25, -0.2) is 4.52 Å². The van der Waals surface area contributed by atoms with E-state index in [9.17, 15) is 15.5 Å². The number of aromatic nitrogens is 3. The van der Waals surface area contributed by atoms with E-state index in [4.69, 9.17) is 15.2 Å². The molecular weight excluding hydrogens is 302 g/mol. The number of nitrogen functional groups attached to an aromatic ring is 1. The molecule has 1 saturated heterocycles. The van der Waals surface area contributed by atoms with E-state index in [0.29, 0.717) is 0 Å². The molecule has 1 fully saturated rings. The van der Waals surface area contributed by atoms with Crippen LogP contribution in [0.5, 0.6) is 5.88 Å². The maximum atomic E-state index is 10.8. The van der Waals surface area contributed by atoms with Gasteiger partial charge in [0, 0.05) is 13.5 Å². The number of rotatable bonds is 3. The van der Waals surface area contributed by atoms with Crippen LogP contribution < -0.4 is 5.73 Å². The molecule has 3 atom stereocenters. The topological polar surface area (TPSA) is 139 Å². The Labute approximate surface area is 131 Å². The van der Waals surface area contributed by atoms with Crippen LogP contribution in [0, 0.1) is 11.3 Å². The molecular formula is C14H17N5O4. The molecule has 0 aromatic carbocycles. The van der Waals surface area contributed by atoms with Gasteiger partial charge in [-0.05, 0) is 19.1 Å². The average Bonchev–Trinajstić information content (AvgIpc) is 2.98. The number of nitrogens with zero attached hydrogens (tertiary/aromatic N) is 4. The summed E-state index contributed by atoms with van der Waals surface area (Å²) in [6.45, 7) is 1.76. The van der Waals surface area contributed by atoms with Crippen molar-refractivity contribution in [3.8, 4) is 11.9 Å². The number of fused-ring (bicyclic) bond motifs is 1. The lowest BCUT2D eigenvalue weighted by molar-refractivity contribution is -0.103. The molecule has 0 saturated carbocycles. The highest BCUT2D eigenvalue weighted by atomic mass is 16.6. The van der Waals surface area contributed by atoms with E-state index >= 15 is 0 Å². The zero-order valence-corrected chi connectivity index (χ0v) is 12.7. The predicted octanol–water partition coefficient (Wildman–Crippen LogP) is -0.0777. The Morgan fingerprint density at radius 1 is 1.61 bits per heavy atom. The maximum absolute atomic E-state index is 10.8. The molecule has 9 nitrogen and oxygen atoms in total. The number of hydrogen-bond acceptors (Lipinski definition) is 8. The van der Waals surface area contributed by atoms with Crippen LogP contribution in [0.1, 0.15) is 19.0 Å². The van der Waals surface area contributed by atoms with Crippen LogP contribution in [-0.4, -0.2) is 50.2 Å². The van der Waals surface area contributed by atoms with Gasteiger partial charge in [0.25, 0.3) is 0 Å². The predicted molar refractivity (Wildman–Crippen MR) is 78.3 cm³/mol. The standard InChI is InChI=1S/C14H17N5O4/c1-13(21)5-8(6-22-2)23-14(13,7-15)10-4-3-9-11(20)17-12(16)18-19(9)10/h3-4,8,21H,5-6H2,1-2H3,(H3,16,17,18,20)/t8-,13+,14-/m0/s1. The first-order valence-electron chi connectivity index (χ1n) is 7.00. The highest BCUT2D eigenvalue weighted by Crippen LogP contribution is 2.47. The van der Waals surface area contributed by atoms with E-state index in [0.717, 1.165) is 0 Å². The van der Waals surface area contributed by atoms with Crippen molar-refractivity contribution in [3.05, 3.63) is 17.8 Å². The molecule has 4 N–H and O–H groups in total. The zero-order chi connectivity index (χ0) is 16.8. The van der Waals surface area contributed by atoms with E-state index in [1.807, 2.05) is 0 Å². The van der Waals surface area contributed by atoms with Gasteiger partial charge in [-0.1, -0.05) is 0 Å². The monoisotopic (exact) mass is 319 g/mol. The lowest BCUT2D eigenvalue weighted by Gasteiger charge is -2.31. The van der Waals surface area contributed by atoms with E-state index in [1.165, 1.54) is 24.6 Å². The number of aliphatic hydroxyl groups is 1. The fourth-order valence-electron chi connectivity index (χ4n) is 3.09. The largest absolute Gasteiger partial charge is 0.492 e. The van der Waals surface area contributed by atoms with Gasteiger partial charge in [0.05, 0.1) is 18.4 Å². The van der Waals surface area contributed by atoms with Crippen LogP contribution in [0.25, 0.3) is 5.52 Å².